The van der Waals surface area contributed by atoms with E-state index in [2.05, 4.69) is 31.2 Å². The largest absolute Gasteiger partial charge is 0.456 e. The van der Waals surface area contributed by atoms with Crippen molar-refractivity contribution in [2.24, 2.45) is 5.73 Å². The standard InChI is InChI=1S/C14H14BrClN4OS/c1-7(17)4-9-12(15)13-14(21-9)8(5-10(16)20-13)19-6-11-18-2-3-22-11/h2-3,5,7H,4,6,17H2,1H3,(H,19,20)/t7-/m0/s1. The van der Waals surface area contributed by atoms with Crippen LogP contribution in [-0.4, -0.2) is 16.0 Å². The molecular formula is C14H14BrClN4OS. The summed E-state index contributed by atoms with van der Waals surface area (Å²) in [5, 5.41) is 6.64. The molecule has 0 saturated carbocycles. The Bertz CT molecular complexity index is 788. The summed E-state index contributed by atoms with van der Waals surface area (Å²) in [5.41, 5.74) is 8.02. The van der Waals surface area contributed by atoms with E-state index in [1.165, 1.54) is 0 Å². The van der Waals surface area contributed by atoms with Crippen molar-refractivity contribution in [2.45, 2.75) is 25.9 Å². The summed E-state index contributed by atoms with van der Waals surface area (Å²) in [4.78, 5) is 8.59. The monoisotopic (exact) mass is 400 g/mol. The van der Waals surface area contributed by atoms with Crippen molar-refractivity contribution in [1.29, 1.82) is 0 Å². The van der Waals surface area contributed by atoms with Crippen LogP contribution in [0.5, 0.6) is 0 Å². The number of aromatic nitrogens is 2. The molecule has 1 atom stereocenters. The molecule has 3 aromatic rings. The van der Waals surface area contributed by atoms with E-state index in [0.717, 1.165) is 20.9 Å². The first-order valence-corrected chi connectivity index (χ1v) is 8.75. The second-order valence-electron chi connectivity index (χ2n) is 4.97. The number of furan rings is 1. The third-order valence-electron chi connectivity index (χ3n) is 3.04. The zero-order chi connectivity index (χ0) is 15.7. The average Bonchev–Trinajstić information content (AvgIpc) is 3.07. The van der Waals surface area contributed by atoms with Crippen LogP contribution in [0.3, 0.4) is 0 Å². The van der Waals surface area contributed by atoms with Crippen LogP contribution in [0.4, 0.5) is 5.69 Å². The lowest BCUT2D eigenvalue weighted by Crippen LogP contribution is -2.17. The third-order valence-corrected chi connectivity index (χ3v) is 4.83. The molecule has 0 amide bonds. The van der Waals surface area contributed by atoms with E-state index in [1.54, 1.807) is 23.6 Å². The highest BCUT2D eigenvalue weighted by Gasteiger charge is 2.18. The highest BCUT2D eigenvalue weighted by atomic mass is 79.9. The fourth-order valence-corrected chi connectivity index (χ4v) is 3.38. The molecule has 0 radical (unpaired) electrons. The first-order chi connectivity index (χ1) is 10.5. The van der Waals surface area contributed by atoms with Gasteiger partial charge in [-0.05, 0) is 22.9 Å². The smallest absolute Gasteiger partial charge is 0.177 e. The molecule has 0 spiro atoms. The summed E-state index contributed by atoms with van der Waals surface area (Å²) in [6.45, 7) is 2.54. The van der Waals surface area contributed by atoms with Crippen molar-refractivity contribution in [3.05, 3.63) is 38.0 Å². The van der Waals surface area contributed by atoms with Crippen LogP contribution < -0.4 is 11.1 Å². The number of nitrogens with one attached hydrogen (secondary N) is 1. The molecule has 5 nitrogen and oxygen atoms in total. The van der Waals surface area contributed by atoms with E-state index in [4.69, 9.17) is 21.8 Å². The Labute approximate surface area is 145 Å². The molecule has 0 fully saturated rings. The minimum atomic E-state index is -0.000868. The quantitative estimate of drug-likeness (QED) is 0.626. The Hall–Kier alpha value is -1.15. The van der Waals surface area contributed by atoms with E-state index in [1.807, 2.05) is 12.3 Å². The zero-order valence-electron chi connectivity index (χ0n) is 11.8. The molecule has 0 aliphatic rings. The summed E-state index contributed by atoms with van der Waals surface area (Å²) in [6.07, 6.45) is 2.40. The van der Waals surface area contributed by atoms with Crippen LogP contribution in [0.2, 0.25) is 5.15 Å². The van der Waals surface area contributed by atoms with E-state index in [0.29, 0.717) is 29.2 Å². The number of hydrogen-bond donors (Lipinski definition) is 2. The van der Waals surface area contributed by atoms with Gasteiger partial charge in [-0.2, -0.15) is 0 Å². The van der Waals surface area contributed by atoms with Crippen LogP contribution in [0.15, 0.2) is 26.5 Å². The summed E-state index contributed by atoms with van der Waals surface area (Å²) in [5.74, 6) is 0.775. The fourth-order valence-electron chi connectivity index (χ4n) is 2.12. The summed E-state index contributed by atoms with van der Waals surface area (Å²) in [7, 11) is 0. The SMILES string of the molecule is C[C@H](N)Cc1oc2c(NCc3nccs3)cc(Cl)nc2c1Br. The molecule has 0 aromatic carbocycles. The second kappa shape index (κ2) is 6.54. The third kappa shape index (κ3) is 3.27. The Morgan fingerprint density at radius 2 is 2.36 bits per heavy atom. The van der Waals surface area contributed by atoms with Crippen LogP contribution in [0.25, 0.3) is 11.1 Å². The van der Waals surface area contributed by atoms with Gasteiger partial charge in [-0.3, -0.25) is 0 Å². The van der Waals surface area contributed by atoms with Gasteiger partial charge in [0.2, 0.25) is 0 Å². The van der Waals surface area contributed by atoms with Gasteiger partial charge in [-0.1, -0.05) is 11.6 Å². The van der Waals surface area contributed by atoms with Gasteiger partial charge in [0.25, 0.3) is 0 Å². The molecular weight excluding hydrogens is 388 g/mol. The number of rotatable bonds is 5. The molecule has 8 heteroatoms. The topological polar surface area (TPSA) is 77.0 Å². The lowest BCUT2D eigenvalue weighted by atomic mass is 10.2. The highest BCUT2D eigenvalue weighted by Crippen LogP contribution is 2.36. The van der Waals surface area contributed by atoms with Crippen molar-refractivity contribution < 1.29 is 4.42 Å². The molecule has 3 rings (SSSR count). The van der Waals surface area contributed by atoms with Crippen LogP contribution in [-0.2, 0) is 13.0 Å². The summed E-state index contributed by atoms with van der Waals surface area (Å²) >= 11 is 11.2. The lowest BCUT2D eigenvalue weighted by Gasteiger charge is -2.05. The molecule has 22 heavy (non-hydrogen) atoms. The van der Waals surface area contributed by atoms with Gasteiger partial charge in [-0.25, -0.2) is 9.97 Å². The average molecular weight is 402 g/mol. The van der Waals surface area contributed by atoms with Crippen molar-refractivity contribution in [3.8, 4) is 0 Å². The minimum absolute atomic E-state index is 0.000868. The molecule has 0 unspecified atom stereocenters. The van der Waals surface area contributed by atoms with E-state index in [9.17, 15) is 0 Å². The Balaban J connectivity index is 1.98. The van der Waals surface area contributed by atoms with E-state index in [-0.39, 0.29) is 6.04 Å². The predicted octanol–water partition coefficient (Wildman–Crippen LogP) is 4.20. The van der Waals surface area contributed by atoms with Gasteiger partial charge in [0, 0.05) is 30.1 Å². The molecule has 3 heterocycles. The molecule has 3 aromatic heterocycles. The lowest BCUT2D eigenvalue weighted by molar-refractivity contribution is 0.523. The van der Waals surface area contributed by atoms with E-state index < -0.39 is 0 Å². The molecule has 0 aliphatic heterocycles. The van der Waals surface area contributed by atoms with Crippen LogP contribution >= 0.6 is 38.9 Å². The number of halogens is 2. The predicted molar refractivity (Wildman–Crippen MR) is 93.5 cm³/mol. The zero-order valence-corrected chi connectivity index (χ0v) is 14.9. The number of nitrogens with two attached hydrogens (primary N) is 1. The van der Waals surface area contributed by atoms with Crippen molar-refractivity contribution in [2.75, 3.05) is 5.32 Å². The molecule has 116 valence electrons. The molecule has 0 bridgehead atoms. The first kappa shape index (κ1) is 15.7. The number of fused-ring (bicyclic) bond motifs is 1. The number of anilines is 1. The fraction of sp³-hybridized carbons (Fsp3) is 0.286. The van der Waals surface area contributed by atoms with Gasteiger partial charge < -0.3 is 15.5 Å². The van der Waals surface area contributed by atoms with E-state index >= 15 is 0 Å². The van der Waals surface area contributed by atoms with Gasteiger partial charge >= 0.3 is 0 Å². The molecule has 3 N–H and O–H groups in total. The second-order valence-corrected chi connectivity index (χ2v) is 7.13. The Morgan fingerprint density at radius 3 is 3.05 bits per heavy atom. The highest BCUT2D eigenvalue weighted by molar-refractivity contribution is 9.10. The number of hydrogen-bond acceptors (Lipinski definition) is 6. The maximum atomic E-state index is 6.12. The first-order valence-electron chi connectivity index (χ1n) is 6.70. The molecule has 0 saturated heterocycles. The summed E-state index contributed by atoms with van der Waals surface area (Å²) in [6, 6.07) is 1.75. The maximum Gasteiger partial charge on any atom is 0.177 e. The normalized spacial score (nSPS) is 12.7. The van der Waals surface area contributed by atoms with Crippen molar-refractivity contribution >= 4 is 55.7 Å². The van der Waals surface area contributed by atoms with Crippen LogP contribution in [0.1, 0.15) is 17.7 Å². The minimum Gasteiger partial charge on any atom is -0.456 e. The van der Waals surface area contributed by atoms with Crippen LogP contribution in [0, 0.1) is 0 Å². The molecule has 0 aliphatic carbocycles. The number of nitrogens with zero attached hydrogens (tertiary/aromatic N) is 2. The van der Waals surface area contributed by atoms with Crippen molar-refractivity contribution in [3.63, 3.8) is 0 Å². The maximum absolute atomic E-state index is 6.12. The Morgan fingerprint density at radius 1 is 1.55 bits per heavy atom. The number of pyridine rings is 1. The van der Waals surface area contributed by atoms with Gasteiger partial charge in [0.05, 0.1) is 16.7 Å². The van der Waals surface area contributed by atoms with Gasteiger partial charge in [-0.15, -0.1) is 11.3 Å². The Kier molecular flexibility index (Phi) is 4.67. The van der Waals surface area contributed by atoms with Gasteiger partial charge in [0.15, 0.2) is 5.58 Å². The number of thiazole rings is 1. The summed E-state index contributed by atoms with van der Waals surface area (Å²) < 4.78 is 6.74. The van der Waals surface area contributed by atoms with Crippen molar-refractivity contribution in [1.82, 2.24) is 9.97 Å². The van der Waals surface area contributed by atoms with Gasteiger partial charge in [0.1, 0.15) is 21.4 Å².